The number of hydrogen-bond donors (Lipinski definition) is 0. The topological polar surface area (TPSA) is 32.8 Å². The summed E-state index contributed by atoms with van der Waals surface area (Å²) in [5.41, 5.74) is 3.94. The van der Waals surface area contributed by atoms with Gasteiger partial charge in [-0.25, -0.2) is 0 Å². The van der Waals surface area contributed by atoms with Gasteiger partial charge in [-0.05, 0) is 74.9 Å². The van der Waals surface area contributed by atoms with Crippen molar-refractivity contribution in [3.05, 3.63) is 65.2 Å². The van der Waals surface area contributed by atoms with E-state index in [4.69, 9.17) is 4.74 Å². The minimum absolute atomic E-state index is 0.0536. The third-order valence-corrected chi connectivity index (χ3v) is 7.45. The van der Waals surface area contributed by atoms with E-state index in [0.717, 1.165) is 69.5 Å². The Labute approximate surface area is 193 Å². The van der Waals surface area contributed by atoms with Crippen molar-refractivity contribution in [2.75, 3.05) is 33.8 Å². The van der Waals surface area contributed by atoms with Gasteiger partial charge in [0, 0.05) is 19.1 Å². The van der Waals surface area contributed by atoms with Crippen molar-refractivity contribution in [3.8, 4) is 5.75 Å². The van der Waals surface area contributed by atoms with Crippen molar-refractivity contribution in [3.63, 3.8) is 0 Å². The smallest absolute Gasteiger partial charge is 0.230 e. The minimum atomic E-state index is -0.0536. The van der Waals surface area contributed by atoms with Gasteiger partial charge in [0.2, 0.25) is 5.91 Å². The lowest BCUT2D eigenvalue weighted by Crippen LogP contribution is -2.40. The van der Waals surface area contributed by atoms with Crippen LogP contribution in [0, 0.1) is 0 Å². The first-order valence-electron chi connectivity index (χ1n) is 12.4. The van der Waals surface area contributed by atoms with Gasteiger partial charge in [-0.15, -0.1) is 0 Å². The third kappa shape index (κ3) is 5.35. The van der Waals surface area contributed by atoms with Crippen molar-refractivity contribution in [2.24, 2.45) is 0 Å². The second-order valence-corrected chi connectivity index (χ2v) is 9.47. The largest absolute Gasteiger partial charge is 0.496 e. The first kappa shape index (κ1) is 22.8. The SMILES string of the molecule is COc1cccc2c1CC(N(C)CCC(C(=O)N1CCCCCC1)c1ccccc1)CC2. The van der Waals surface area contributed by atoms with Crippen LogP contribution in [0.4, 0.5) is 0 Å². The standard InChI is InChI=1S/C28H38N2O2/c1-29(24-16-15-23-13-10-14-27(32-2)26(23)21-24)20-17-25(22-11-6-5-7-12-22)28(31)30-18-8-3-4-9-19-30/h5-7,10-14,24-25H,3-4,8-9,15-21H2,1-2H3. The van der Waals surface area contributed by atoms with Crippen molar-refractivity contribution in [1.29, 1.82) is 0 Å². The molecule has 4 nitrogen and oxygen atoms in total. The summed E-state index contributed by atoms with van der Waals surface area (Å²) in [6.45, 7) is 2.75. The monoisotopic (exact) mass is 434 g/mol. The van der Waals surface area contributed by atoms with Crippen LogP contribution in [0.3, 0.4) is 0 Å². The fourth-order valence-electron chi connectivity index (χ4n) is 5.45. The Morgan fingerprint density at radius 1 is 1.06 bits per heavy atom. The molecule has 2 aliphatic rings. The summed E-state index contributed by atoms with van der Waals surface area (Å²) in [5.74, 6) is 1.28. The molecule has 0 bridgehead atoms. The van der Waals surface area contributed by atoms with Gasteiger partial charge in [0.25, 0.3) is 0 Å². The van der Waals surface area contributed by atoms with Crippen LogP contribution in [0.25, 0.3) is 0 Å². The Kier molecular flexibility index (Phi) is 7.85. The predicted molar refractivity (Wildman–Crippen MR) is 130 cm³/mol. The normalized spacial score (nSPS) is 19.8. The maximum atomic E-state index is 13.6. The van der Waals surface area contributed by atoms with Crippen LogP contribution in [0.15, 0.2) is 48.5 Å². The molecular weight excluding hydrogens is 396 g/mol. The lowest BCUT2D eigenvalue weighted by Gasteiger charge is -2.34. The summed E-state index contributed by atoms with van der Waals surface area (Å²) in [4.78, 5) is 18.2. The molecule has 4 heteroatoms. The lowest BCUT2D eigenvalue weighted by molar-refractivity contribution is -0.133. The highest BCUT2D eigenvalue weighted by Crippen LogP contribution is 2.32. The molecule has 1 aliphatic heterocycles. The van der Waals surface area contributed by atoms with E-state index in [9.17, 15) is 4.79 Å². The fourth-order valence-corrected chi connectivity index (χ4v) is 5.45. The Bertz CT molecular complexity index is 860. The number of ether oxygens (including phenoxy) is 1. The van der Waals surface area contributed by atoms with Crippen LogP contribution in [-0.4, -0.2) is 55.5 Å². The molecule has 2 aromatic carbocycles. The lowest BCUT2D eigenvalue weighted by atomic mass is 9.86. The fraction of sp³-hybridized carbons (Fsp3) is 0.536. The van der Waals surface area contributed by atoms with Crippen molar-refractivity contribution >= 4 is 5.91 Å². The zero-order valence-electron chi connectivity index (χ0n) is 19.8. The Balaban J connectivity index is 1.44. The van der Waals surface area contributed by atoms with Crippen molar-refractivity contribution in [1.82, 2.24) is 9.80 Å². The van der Waals surface area contributed by atoms with E-state index in [-0.39, 0.29) is 5.92 Å². The minimum Gasteiger partial charge on any atom is -0.496 e. The molecule has 1 heterocycles. The summed E-state index contributed by atoms with van der Waals surface area (Å²) >= 11 is 0. The summed E-state index contributed by atoms with van der Waals surface area (Å²) < 4.78 is 5.64. The van der Waals surface area contributed by atoms with E-state index in [2.05, 4.69) is 59.3 Å². The highest BCUT2D eigenvalue weighted by Gasteiger charge is 2.29. The summed E-state index contributed by atoms with van der Waals surface area (Å²) in [5, 5.41) is 0. The molecule has 2 unspecified atom stereocenters. The third-order valence-electron chi connectivity index (χ3n) is 7.45. The second kappa shape index (κ2) is 11.0. The van der Waals surface area contributed by atoms with Crippen LogP contribution >= 0.6 is 0 Å². The van der Waals surface area contributed by atoms with Gasteiger partial charge < -0.3 is 14.5 Å². The average molecular weight is 435 g/mol. The predicted octanol–water partition coefficient (Wildman–Crippen LogP) is 5.06. The van der Waals surface area contributed by atoms with E-state index < -0.39 is 0 Å². The van der Waals surface area contributed by atoms with E-state index in [1.54, 1.807) is 7.11 Å². The van der Waals surface area contributed by atoms with Crippen molar-refractivity contribution < 1.29 is 9.53 Å². The number of benzene rings is 2. The highest BCUT2D eigenvalue weighted by molar-refractivity contribution is 5.83. The molecule has 0 N–H and O–H groups in total. The highest BCUT2D eigenvalue weighted by atomic mass is 16.5. The molecule has 0 saturated carbocycles. The summed E-state index contributed by atoms with van der Waals surface area (Å²) in [6.07, 6.45) is 8.90. The number of methoxy groups -OCH3 is 1. The molecule has 1 aliphatic carbocycles. The quantitative estimate of drug-likeness (QED) is 0.611. The van der Waals surface area contributed by atoms with E-state index in [0.29, 0.717) is 11.9 Å². The molecule has 0 spiro atoms. The number of fused-ring (bicyclic) bond motifs is 1. The summed E-state index contributed by atoms with van der Waals surface area (Å²) in [6, 6.07) is 17.3. The number of hydrogen-bond acceptors (Lipinski definition) is 3. The molecule has 172 valence electrons. The number of rotatable bonds is 7. The van der Waals surface area contributed by atoms with Crippen LogP contribution < -0.4 is 4.74 Å². The average Bonchev–Trinajstić information content (AvgIpc) is 3.13. The first-order valence-corrected chi connectivity index (χ1v) is 12.4. The van der Waals surface area contributed by atoms with E-state index in [1.807, 2.05) is 6.07 Å². The molecule has 2 aromatic rings. The van der Waals surface area contributed by atoms with Gasteiger partial charge in [-0.3, -0.25) is 4.79 Å². The molecule has 1 saturated heterocycles. The Morgan fingerprint density at radius 2 is 1.81 bits per heavy atom. The number of carbonyl (C=O) groups is 1. The zero-order valence-corrected chi connectivity index (χ0v) is 19.8. The Hall–Kier alpha value is -2.33. The van der Waals surface area contributed by atoms with Crippen LogP contribution in [-0.2, 0) is 17.6 Å². The number of nitrogens with zero attached hydrogens (tertiary/aromatic N) is 2. The van der Waals surface area contributed by atoms with Gasteiger partial charge in [-0.2, -0.15) is 0 Å². The maximum Gasteiger partial charge on any atom is 0.230 e. The number of amides is 1. The van der Waals surface area contributed by atoms with E-state index >= 15 is 0 Å². The zero-order chi connectivity index (χ0) is 22.3. The molecule has 1 fully saturated rings. The van der Waals surface area contributed by atoms with Crippen LogP contribution in [0.5, 0.6) is 5.75 Å². The van der Waals surface area contributed by atoms with Crippen molar-refractivity contribution in [2.45, 2.75) is 63.3 Å². The second-order valence-electron chi connectivity index (χ2n) is 9.47. The van der Waals surface area contributed by atoms with Gasteiger partial charge in [0.1, 0.15) is 5.75 Å². The number of likely N-dealkylation sites (N-methyl/N-ethyl adjacent to an activating group) is 1. The number of likely N-dealkylation sites (tertiary alicyclic amines) is 1. The molecule has 0 radical (unpaired) electrons. The molecule has 32 heavy (non-hydrogen) atoms. The van der Waals surface area contributed by atoms with E-state index in [1.165, 1.54) is 24.0 Å². The van der Waals surface area contributed by atoms with Gasteiger partial charge in [0.15, 0.2) is 0 Å². The molecule has 1 amide bonds. The first-order chi connectivity index (χ1) is 15.7. The number of aryl methyl sites for hydroxylation is 1. The Morgan fingerprint density at radius 3 is 2.53 bits per heavy atom. The van der Waals surface area contributed by atoms with Crippen LogP contribution in [0.2, 0.25) is 0 Å². The number of carbonyl (C=O) groups excluding carboxylic acids is 1. The molecule has 0 aromatic heterocycles. The molecule has 2 atom stereocenters. The summed E-state index contributed by atoms with van der Waals surface area (Å²) in [7, 11) is 3.99. The van der Waals surface area contributed by atoms with Gasteiger partial charge in [0.05, 0.1) is 13.0 Å². The molecular formula is C28H38N2O2. The maximum absolute atomic E-state index is 13.6. The molecule has 4 rings (SSSR count). The van der Waals surface area contributed by atoms with Crippen LogP contribution in [0.1, 0.15) is 61.1 Å². The van der Waals surface area contributed by atoms with Gasteiger partial charge >= 0.3 is 0 Å². The van der Waals surface area contributed by atoms with Gasteiger partial charge in [-0.1, -0.05) is 55.3 Å².